The summed E-state index contributed by atoms with van der Waals surface area (Å²) in [5.74, 6) is 1.12. The standard InChI is InChI=1S/C18H23N3O3.ClH/c1-3-23-18(22)14-8-10-21(11-9-14)12-16-19-20-17(24-16)15-7-5-4-6-13(15)2;/h4-7,14H,3,8-12H2,1-2H3;1H. The molecule has 1 aromatic heterocycles. The van der Waals surface area contributed by atoms with Gasteiger partial charge in [0.25, 0.3) is 0 Å². The Labute approximate surface area is 154 Å². The lowest BCUT2D eigenvalue weighted by Crippen LogP contribution is -2.36. The van der Waals surface area contributed by atoms with Crippen LogP contribution in [0.25, 0.3) is 11.5 Å². The van der Waals surface area contributed by atoms with Crippen molar-refractivity contribution in [2.45, 2.75) is 33.2 Å². The molecule has 3 rings (SSSR count). The molecule has 7 heteroatoms. The molecule has 2 aromatic rings. The van der Waals surface area contributed by atoms with Crippen LogP contribution in [0.2, 0.25) is 0 Å². The Morgan fingerprint density at radius 3 is 2.68 bits per heavy atom. The number of piperidine rings is 1. The number of carbonyl (C=O) groups is 1. The van der Waals surface area contributed by atoms with E-state index in [1.807, 2.05) is 38.1 Å². The van der Waals surface area contributed by atoms with Gasteiger partial charge < -0.3 is 9.15 Å². The topological polar surface area (TPSA) is 68.5 Å². The molecule has 136 valence electrons. The summed E-state index contributed by atoms with van der Waals surface area (Å²) in [6.07, 6.45) is 1.63. The monoisotopic (exact) mass is 365 g/mol. The number of hydrogen-bond acceptors (Lipinski definition) is 6. The number of nitrogens with zero attached hydrogens (tertiary/aromatic N) is 3. The van der Waals surface area contributed by atoms with Crippen molar-refractivity contribution < 1.29 is 13.9 Å². The van der Waals surface area contributed by atoms with Gasteiger partial charge in [-0.15, -0.1) is 22.6 Å². The lowest BCUT2D eigenvalue weighted by molar-refractivity contribution is -0.149. The molecule has 0 atom stereocenters. The van der Waals surface area contributed by atoms with Crippen LogP contribution in [-0.2, 0) is 16.1 Å². The number of aromatic nitrogens is 2. The number of hydrogen-bond donors (Lipinski definition) is 0. The zero-order valence-electron chi connectivity index (χ0n) is 14.6. The number of aryl methyl sites for hydroxylation is 1. The Balaban J connectivity index is 0.00000225. The Kier molecular flexibility index (Phi) is 6.96. The van der Waals surface area contributed by atoms with E-state index in [0.717, 1.165) is 37.1 Å². The minimum atomic E-state index is -0.0724. The Morgan fingerprint density at radius 2 is 2.00 bits per heavy atom. The van der Waals surface area contributed by atoms with E-state index in [1.54, 1.807) is 0 Å². The van der Waals surface area contributed by atoms with Crippen LogP contribution < -0.4 is 0 Å². The van der Waals surface area contributed by atoms with E-state index in [1.165, 1.54) is 0 Å². The van der Waals surface area contributed by atoms with Crippen LogP contribution in [0.5, 0.6) is 0 Å². The van der Waals surface area contributed by atoms with Gasteiger partial charge in [-0.1, -0.05) is 18.2 Å². The minimum Gasteiger partial charge on any atom is -0.466 e. The fourth-order valence-corrected chi connectivity index (χ4v) is 3.02. The van der Waals surface area contributed by atoms with Crippen molar-refractivity contribution in [3.8, 4) is 11.5 Å². The van der Waals surface area contributed by atoms with Gasteiger partial charge in [-0.3, -0.25) is 9.69 Å². The Morgan fingerprint density at radius 1 is 1.28 bits per heavy atom. The third kappa shape index (κ3) is 4.80. The van der Waals surface area contributed by atoms with Gasteiger partial charge in [0.1, 0.15) is 0 Å². The summed E-state index contributed by atoms with van der Waals surface area (Å²) in [6.45, 7) is 6.61. The molecule has 0 aliphatic carbocycles. The van der Waals surface area contributed by atoms with Gasteiger partial charge in [-0.2, -0.15) is 0 Å². The molecule has 1 saturated heterocycles. The van der Waals surface area contributed by atoms with Crippen molar-refractivity contribution in [2.75, 3.05) is 19.7 Å². The van der Waals surface area contributed by atoms with Crippen molar-refractivity contribution in [3.05, 3.63) is 35.7 Å². The fourth-order valence-electron chi connectivity index (χ4n) is 3.02. The number of halogens is 1. The van der Waals surface area contributed by atoms with Crippen LogP contribution in [0.3, 0.4) is 0 Å². The molecule has 0 radical (unpaired) electrons. The molecule has 25 heavy (non-hydrogen) atoms. The summed E-state index contributed by atoms with van der Waals surface area (Å²) in [7, 11) is 0. The molecule has 0 saturated carbocycles. The van der Waals surface area contributed by atoms with Crippen LogP contribution in [0.15, 0.2) is 28.7 Å². The van der Waals surface area contributed by atoms with Gasteiger partial charge in [0.05, 0.1) is 19.1 Å². The molecule has 0 unspecified atom stereocenters. The zero-order valence-corrected chi connectivity index (χ0v) is 15.4. The van der Waals surface area contributed by atoms with Crippen molar-refractivity contribution in [1.29, 1.82) is 0 Å². The molecule has 0 N–H and O–H groups in total. The first-order valence-corrected chi connectivity index (χ1v) is 8.44. The van der Waals surface area contributed by atoms with Gasteiger partial charge in [0.15, 0.2) is 0 Å². The second kappa shape index (κ2) is 8.97. The van der Waals surface area contributed by atoms with Crippen LogP contribution in [0.4, 0.5) is 0 Å². The quantitative estimate of drug-likeness (QED) is 0.757. The van der Waals surface area contributed by atoms with Crippen molar-refractivity contribution in [1.82, 2.24) is 15.1 Å². The van der Waals surface area contributed by atoms with E-state index in [-0.39, 0.29) is 24.3 Å². The molecule has 0 amide bonds. The molecular formula is C18H24ClN3O3. The molecule has 2 heterocycles. The van der Waals surface area contributed by atoms with Crippen LogP contribution >= 0.6 is 12.4 Å². The molecule has 1 aromatic carbocycles. The van der Waals surface area contributed by atoms with E-state index in [2.05, 4.69) is 15.1 Å². The highest BCUT2D eigenvalue weighted by Gasteiger charge is 2.26. The van der Waals surface area contributed by atoms with E-state index in [4.69, 9.17) is 9.15 Å². The van der Waals surface area contributed by atoms with Crippen molar-refractivity contribution >= 4 is 18.4 Å². The SMILES string of the molecule is CCOC(=O)C1CCN(Cc2nnc(-c3ccccc3C)o2)CC1.Cl. The second-order valence-corrected chi connectivity index (χ2v) is 6.12. The van der Waals surface area contributed by atoms with E-state index < -0.39 is 0 Å². The summed E-state index contributed by atoms with van der Waals surface area (Å²) in [6, 6.07) is 7.97. The third-order valence-electron chi connectivity index (χ3n) is 4.41. The van der Waals surface area contributed by atoms with Crippen molar-refractivity contribution in [2.24, 2.45) is 5.92 Å². The summed E-state index contributed by atoms with van der Waals surface area (Å²) in [4.78, 5) is 14.0. The molecule has 6 nitrogen and oxygen atoms in total. The first-order valence-electron chi connectivity index (χ1n) is 8.44. The largest absolute Gasteiger partial charge is 0.466 e. The van der Waals surface area contributed by atoms with Crippen molar-refractivity contribution in [3.63, 3.8) is 0 Å². The summed E-state index contributed by atoms with van der Waals surface area (Å²) in [5, 5.41) is 8.32. The number of likely N-dealkylation sites (tertiary alicyclic amines) is 1. The molecular weight excluding hydrogens is 342 g/mol. The van der Waals surface area contributed by atoms with E-state index in [0.29, 0.717) is 24.9 Å². The number of carbonyl (C=O) groups excluding carboxylic acids is 1. The maximum atomic E-state index is 11.8. The van der Waals surface area contributed by atoms with E-state index in [9.17, 15) is 4.79 Å². The van der Waals surface area contributed by atoms with Crippen LogP contribution in [0.1, 0.15) is 31.2 Å². The van der Waals surface area contributed by atoms with Gasteiger partial charge in [0.2, 0.25) is 11.8 Å². The van der Waals surface area contributed by atoms with Gasteiger partial charge in [-0.25, -0.2) is 0 Å². The minimum absolute atomic E-state index is 0. The van der Waals surface area contributed by atoms with Gasteiger partial charge in [-0.05, 0) is 51.4 Å². The average Bonchev–Trinajstić information content (AvgIpc) is 3.04. The highest BCUT2D eigenvalue weighted by molar-refractivity contribution is 5.85. The Hall–Kier alpha value is -1.92. The normalized spacial score (nSPS) is 15.6. The third-order valence-corrected chi connectivity index (χ3v) is 4.41. The fraction of sp³-hybridized carbons (Fsp3) is 0.500. The second-order valence-electron chi connectivity index (χ2n) is 6.12. The summed E-state index contributed by atoms with van der Waals surface area (Å²) < 4.78 is 10.9. The predicted octanol–water partition coefficient (Wildman–Crippen LogP) is 3.24. The van der Waals surface area contributed by atoms with E-state index >= 15 is 0 Å². The van der Waals surface area contributed by atoms with Gasteiger partial charge >= 0.3 is 5.97 Å². The number of ether oxygens (including phenoxy) is 1. The number of esters is 1. The lowest BCUT2D eigenvalue weighted by Gasteiger charge is -2.29. The summed E-state index contributed by atoms with van der Waals surface area (Å²) >= 11 is 0. The van der Waals surface area contributed by atoms with Crippen LogP contribution in [-0.4, -0.2) is 40.8 Å². The summed E-state index contributed by atoms with van der Waals surface area (Å²) in [5.41, 5.74) is 2.08. The molecule has 0 bridgehead atoms. The number of benzene rings is 1. The first-order chi connectivity index (χ1) is 11.7. The maximum Gasteiger partial charge on any atom is 0.309 e. The first kappa shape index (κ1) is 19.4. The average molecular weight is 366 g/mol. The molecule has 1 aliphatic heterocycles. The maximum absolute atomic E-state index is 11.8. The lowest BCUT2D eigenvalue weighted by atomic mass is 9.97. The van der Waals surface area contributed by atoms with Crippen LogP contribution in [0, 0.1) is 12.8 Å². The molecule has 0 spiro atoms. The molecule has 1 aliphatic rings. The predicted molar refractivity (Wildman–Crippen MR) is 96.4 cm³/mol. The molecule has 1 fully saturated rings. The highest BCUT2D eigenvalue weighted by Crippen LogP contribution is 2.23. The highest BCUT2D eigenvalue weighted by atomic mass is 35.5. The Bertz CT molecular complexity index is 696. The smallest absolute Gasteiger partial charge is 0.309 e. The number of rotatable bonds is 5. The van der Waals surface area contributed by atoms with Gasteiger partial charge in [0, 0.05) is 5.56 Å². The zero-order chi connectivity index (χ0) is 16.9.